The molecule has 0 radical (unpaired) electrons. The summed E-state index contributed by atoms with van der Waals surface area (Å²) in [5.41, 5.74) is 1.05. The second-order valence-electron chi connectivity index (χ2n) is 4.79. The molecule has 0 aliphatic heterocycles. The number of furan rings is 1. The molecule has 0 aliphatic carbocycles. The van der Waals surface area contributed by atoms with Gasteiger partial charge in [-0.15, -0.1) is 0 Å². The van der Waals surface area contributed by atoms with Crippen LogP contribution in [-0.4, -0.2) is 25.2 Å². The second kappa shape index (κ2) is 6.31. The highest BCUT2D eigenvalue weighted by molar-refractivity contribution is 7.92. The van der Waals surface area contributed by atoms with Gasteiger partial charge in [-0.05, 0) is 26.8 Å². The zero-order chi connectivity index (χ0) is 15.5. The number of hydrogen-bond donors (Lipinski definition) is 3. The van der Waals surface area contributed by atoms with Gasteiger partial charge < -0.3 is 9.73 Å². The van der Waals surface area contributed by atoms with Crippen molar-refractivity contribution in [3.63, 3.8) is 0 Å². The van der Waals surface area contributed by atoms with Gasteiger partial charge in [0.2, 0.25) is 0 Å². The Morgan fingerprint density at radius 2 is 2.10 bits per heavy atom. The highest BCUT2D eigenvalue weighted by atomic mass is 32.2. The monoisotopic (exact) mass is 312 g/mol. The minimum absolute atomic E-state index is 0.199. The molecule has 0 bridgehead atoms. The van der Waals surface area contributed by atoms with Gasteiger partial charge in [-0.2, -0.15) is 5.10 Å². The highest BCUT2D eigenvalue weighted by Crippen LogP contribution is 2.28. The molecule has 2 aromatic heterocycles. The Labute approximate surface area is 124 Å². The van der Waals surface area contributed by atoms with Crippen LogP contribution in [-0.2, 0) is 16.6 Å². The first-order valence-electron chi connectivity index (χ1n) is 6.77. The second-order valence-corrected chi connectivity index (χ2v) is 6.41. The fourth-order valence-corrected chi connectivity index (χ4v) is 3.65. The van der Waals surface area contributed by atoms with Crippen molar-refractivity contribution in [3.05, 3.63) is 29.5 Å². The molecule has 0 fully saturated rings. The third-order valence-electron chi connectivity index (χ3n) is 3.07. The van der Waals surface area contributed by atoms with E-state index in [4.69, 9.17) is 4.42 Å². The molecular formula is C13H20N4O3S. The lowest BCUT2D eigenvalue weighted by Gasteiger charge is -2.08. The number of sulfonamides is 1. The third-order valence-corrected chi connectivity index (χ3v) is 4.65. The van der Waals surface area contributed by atoms with Gasteiger partial charge in [-0.3, -0.25) is 9.82 Å². The zero-order valence-corrected chi connectivity index (χ0v) is 13.2. The summed E-state index contributed by atoms with van der Waals surface area (Å²) in [6.45, 7) is 6.75. The van der Waals surface area contributed by atoms with Crippen LogP contribution in [0.5, 0.6) is 0 Å². The van der Waals surface area contributed by atoms with Crippen molar-refractivity contribution in [2.45, 2.75) is 38.6 Å². The van der Waals surface area contributed by atoms with E-state index < -0.39 is 10.0 Å². The maximum absolute atomic E-state index is 12.5. The van der Waals surface area contributed by atoms with E-state index in [1.54, 1.807) is 13.8 Å². The number of aryl methyl sites for hydroxylation is 2. The van der Waals surface area contributed by atoms with Crippen LogP contribution < -0.4 is 10.0 Å². The zero-order valence-electron chi connectivity index (χ0n) is 12.4. The molecule has 0 saturated carbocycles. The van der Waals surface area contributed by atoms with Gasteiger partial charge >= 0.3 is 0 Å². The number of hydrogen-bond acceptors (Lipinski definition) is 5. The van der Waals surface area contributed by atoms with E-state index in [1.807, 2.05) is 0 Å². The van der Waals surface area contributed by atoms with E-state index >= 15 is 0 Å². The molecule has 0 aromatic carbocycles. The molecule has 116 valence electrons. The van der Waals surface area contributed by atoms with Crippen molar-refractivity contribution >= 4 is 15.7 Å². The molecule has 0 aliphatic rings. The lowest BCUT2D eigenvalue weighted by molar-refractivity contribution is 0.493. The van der Waals surface area contributed by atoms with Crippen LogP contribution in [0.4, 0.5) is 5.69 Å². The molecule has 0 spiro atoms. The van der Waals surface area contributed by atoms with Crippen LogP contribution in [0.1, 0.15) is 30.4 Å². The van der Waals surface area contributed by atoms with Crippen LogP contribution in [0.3, 0.4) is 0 Å². The quantitative estimate of drug-likeness (QED) is 0.678. The predicted octanol–water partition coefficient (Wildman–Crippen LogP) is 1.92. The van der Waals surface area contributed by atoms with E-state index in [0.717, 1.165) is 13.0 Å². The van der Waals surface area contributed by atoms with E-state index in [-0.39, 0.29) is 4.90 Å². The number of nitrogens with zero attached hydrogens (tertiary/aromatic N) is 1. The summed E-state index contributed by atoms with van der Waals surface area (Å²) < 4.78 is 33.1. The fraction of sp³-hybridized carbons (Fsp3) is 0.462. The molecule has 0 unspecified atom stereocenters. The van der Waals surface area contributed by atoms with Gasteiger partial charge in [-0.1, -0.05) is 6.92 Å². The van der Waals surface area contributed by atoms with E-state index in [0.29, 0.717) is 29.3 Å². The first-order chi connectivity index (χ1) is 9.95. The van der Waals surface area contributed by atoms with Gasteiger partial charge in [0.05, 0.1) is 11.9 Å². The van der Waals surface area contributed by atoms with Gasteiger partial charge in [-0.25, -0.2) is 8.42 Å². The molecule has 21 heavy (non-hydrogen) atoms. The first-order valence-corrected chi connectivity index (χ1v) is 8.25. The van der Waals surface area contributed by atoms with Gasteiger partial charge in [0.1, 0.15) is 16.4 Å². The standard InChI is InChI=1S/C13H20N4O3S/c1-4-5-14-8-12-9(2)20-10(3)13(12)21(18,19)17-11-6-15-16-7-11/h6-7,14,17H,4-5,8H2,1-3H3,(H,15,16). The topological polar surface area (TPSA) is 100 Å². The minimum Gasteiger partial charge on any atom is -0.465 e. The lowest BCUT2D eigenvalue weighted by Crippen LogP contribution is -2.19. The molecule has 8 heteroatoms. The Kier molecular flexibility index (Phi) is 4.69. The summed E-state index contributed by atoms with van der Waals surface area (Å²) >= 11 is 0. The van der Waals surface area contributed by atoms with Gasteiger partial charge in [0.15, 0.2) is 0 Å². The van der Waals surface area contributed by atoms with Crippen LogP contribution in [0.2, 0.25) is 0 Å². The molecule has 2 rings (SSSR count). The molecule has 2 aromatic rings. The number of anilines is 1. The smallest absolute Gasteiger partial charge is 0.265 e. The van der Waals surface area contributed by atoms with E-state index in [1.165, 1.54) is 12.4 Å². The minimum atomic E-state index is -3.70. The molecule has 2 heterocycles. The maximum atomic E-state index is 12.5. The Morgan fingerprint density at radius 3 is 2.71 bits per heavy atom. The summed E-state index contributed by atoms with van der Waals surface area (Å²) in [6.07, 6.45) is 3.87. The maximum Gasteiger partial charge on any atom is 0.265 e. The Morgan fingerprint density at radius 1 is 1.33 bits per heavy atom. The van der Waals surface area contributed by atoms with E-state index in [9.17, 15) is 8.42 Å². The Hall–Kier alpha value is -1.80. The Bertz CT molecular complexity index is 689. The van der Waals surface area contributed by atoms with Crippen molar-refractivity contribution < 1.29 is 12.8 Å². The largest absolute Gasteiger partial charge is 0.465 e. The lowest BCUT2D eigenvalue weighted by atomic mass is 10.2. The normalized spacial score (nSPS) is 11.8. The van der Waals surface area contributed by atoms with Crippen molar-refractivity contribution in [3.8, 4) is 0 Å². The van der Waals surface area contributed by atoms with Gasteiger partial charge in [0.25, 0.3) is 10.0 Å². The number of nitrogens with one attached hydrogen (secondary N) is 3. The fourth-order valence-electron chi connectivity index (χ4n) is 2.17. The summed E-state index contributed by atoms with van der Waals surface area (Å²) in [7, 11) is -3.70. The first kappa shape index (κ1) is 15.6. The summed E-state index contributed by atoms with van der Waals surface area (Å²) in [6, 6.07) is 0. The number of aromatic amines is 1. The predicted molar refractivity (Wildman–Crippen MR) is 79.6 cm³/mol. The molecule has 0 saturated heterocycles. The van der Waals surface area contributed by atoms with Crippen LogP contribution in [0.15, 0.2) is 21.7 Å². The molecular weight excluding hydrogens is 292 g/mol. The highest BCUT2D eigenvalue weighted by Gasteiger charge is 2.26. The summed E-state index contributed by atoms with van der Waals surface area (Å²) in [5.74, 6) is 1.00. The van der Waals surface area contributed by atoms with Crippen molar-refractivity contribution in [2.24, 2.45) is 0 Å². The van der Waals surface area contributed by atoms with Crippen molar-refractivity contribution in [2.75, 3.05) is 11.3 Å². The molecule has 0 atom stereocenters. The Balaban J connectivity index is 2.33. The number of H-pyrrole nitrogens is 1. The van der Waals surface area contributed by atoms with Crippen LogP contribution in [0, 0.1) is 13.8 Å². The number of aromatic nitrogens is 2. The SMILES string of the molecule is CCCNCc1c(C)oc(C)c1S(=O)(=O)Nc1cn[nH]c1. The molecule has 7 nitrogen and oxygen atoms in total. The van der Waals surface area contributed by atoms with Gasteiger partial charge in [0, 0.05) is 18.3 Å². The summed E-state index contributed by atoms with van der Waals surface area (Å²) in [5, 5.41) is 9.50. The molecule has 0 amide bonds. The van der Waals surface area contributed by atoms with Crippen LogP contribution >= 0.6 is 0 Å². The summed E-state index contributed by atoms with van der Waals surface area (Å²) in [4.78, 5) is 0.199. The number of rotatable bonds is 7. The average molecular weight is 312 g/mol. The third kappa shape index (κ3) is 3.45. The van der Waals surface area contributed by atoms with E-state index in [2.05, 4.69) is 27.2 Å². The molecule has 3 N–H and O–H groups in total. The average Bonchev–Trinajstić information content (AvgIpc) is 2.98. The van der Waals surface area contributed by atoms with Crippen LogP contribution in [0.25, 0.3) is 0 Å². The van der Waals surface area contributed by atoms with Crippen molar-refractivity contribution in [1.29, 1.82) is 0 Å². The van der Waals surface area contributed by atoms with Crippen molar-refractivity contribution in [1.82, 2.24) is 15.5 Å².